The van der Waals surface area contributed by atoms with E-state index in [1.54, 1.807) is 4.88 Å². The molecule has 17 heavy (non-hydrogen) atoms. The van der Waals surface area contributed by atoms with Gasteiger partial charge in [0.2, 0.25) is 0 Å². The van der Waals surface area contributed by atoms with E-state index in [9.17, 15) is 0 Å². The lowest BCUT2D eigenvalue weighted by Gasteiger charge is -2.21. The van der Waals surface area contributed by atoms with Crippen molar-refractivity contribution in [3.05, 3.63) is 21.9 Å². The summed E-state index contributed by atoms with van der Waals surface area (Å²) < 4.78 is 0. The van der Waals surface area contributed by atoms with Gasteiger partial charge in [0.1, 0.15) is 0 Å². The monoisotopic (exact) mass is 250 g/mol. The van der Waals surface area contributed by atoms with E-state index in [0.29, 0.717) is 0 Å². The first kappa shape index (κ1) is 11.7. The molecular formula is C14H22N2S. The third-order valence-corrected chi connectivity index (χ3v) is 5.31. The third-order valence-electron chi connectivity index (χ3n) is 4.35. The van der Waals surface area contributed by atoms with Crippen LogP contribution in [0.1, 0.15) is 36.6 Å². The minimum atomic E-state index is 0.740. The maximum Gasteiger partial charge on any atom is 0.0305 e. The molecule has 2 unspecified atom stereocenters. The number of rotatable bonds is 4. The zero-order chi connectivity index (χ0) is 11.7. The molecule has 3 heteroatoms. The first-order valence-electron chi connectivity index (χ1n) is 6.91. The molecule has 2 atom stereocenters. The van der Waals surface area contributed by atoms with Crippen molar-refractivity contribution in [1.82, 2.24) is 10.2 Å². The average molecular weight is 250 g/mol. The topological polar surface area (TPSA) is 15.3 Å². The highest BCUT2D eigenvalue weighted by Gasteiger charge is 2.36. The molecule has 0 aliphatic carbocycles. The second-order valence-electron chi connectivity index (χ2n) is 5.24. The van der Waals surface area contributed by atoms with Gasteiger partial charge in [0.05, 0.1) is 0 Å². The maximum absolute atomic E-state index is 3.80. The Morgan fingerprint density at radius 1 is 1.41 bits per heavy atom. The smallest absolute Gasteiger partial charge is 0.0305 e. The van der Waals surface area contributed by atoms with Crippen LogP contribution in [-0.2, 0) is 13.0 Å². The van der Waals surface area contributed by atoms with Crippen LogP contribution in [0.3, 0.4) is 0 Å². The van der Waals surface area contributed by atoms with E-state index in [0.717, 1.165) is 18.6 Å². The van der Waals surface area contributed by atoms with Crippen molar-refractivity contribution in [2.24, 2.45) is 0 Å². The Labute approximate surface area is 108 Å². The van der Waals surface area contributed by atoms with Crippen molar-refractivity contribution in [2.75, 3.05) is 13.1 Å². The molecule has 2 aliphatic rings. The molecule has 3 rings (SSSR count). The van der Waals surface area contributed by atoms with Crippen molar-refractivity contribution in [2.45, 2.75) is 51.2 Å². The first-order chi connectivity index (χ1) is 8.38. The highest BCUT2D eigenvalue weighted by atomic mass is 32.1. The highest BCUT2D eigenvalue weighted by molar-refractivity contribution is 7.10. The van der Waals surface area contributed by atoms with Crippen LogP contribution in [0.25, 0.3) is 0 Å². The lowest BCUT2D eigenvalue weighted by molar-refractivity contribution is 0.298. The summed E-state index contributed by atoms with van der Waals surface area (Å²) in [5.41, 5.74) is 1.53. The van der Waals surface area contributed by atoms with E-state index >= 15 is 0 Å². The van der Waals surface area contributed by atoms with Crippen molar-refractivity contribution in [3.63, 3.8) is 0 Å². The molecule has 2 saturated heterocycles. The van der Waals surface area contributed by atoms with Crippen molar-refractivity contribution < 1.29 is 0 Å². The fourth-order valence-electron chi connectivity index (χ4n) is 3.38. The Bertz CT molecular complexity index is 374. The number of nitrogens with one attached hydrogen (secondary N) is 1. The van der Waals surface area contributed by atoms with E-state index in [4.69, 9.17) is 0 Å². The molecule has 2 fully saturated rings. The van der Waals surface area contributed by atoms with Crippen LogP contribution in [0.4, 0.5) is 0 Å². The van der Waals surface area contributed by atoms with Gasteiger partial charge in [0, 0.05) is 30.1 Å². The minimum Gasteiger partial charge on any atom is -0.307 e. The Balaban J connectivity index is 1.57. The summed E-state index contributed by atoms with van der Waals surface area (Å²) in [6.07, 6.45) is 5.32. The number of nitrogens with zero attached hydrogens (tertiary/aromatic N) is 1. The molecule has 1 aromatic heterocycles. The van der Waals surface area contributed by atoms with Gasteiger partial charge in [0.15, 0.2) is 0 Å². The van der Waals surface area contributed by atoms with E-state index < -0.39 is 0 Å². The maximum atomic E-state index is 3.80. The molecule has 0 saturated carbocycles. The van der Waals surface area contributed by atoms with E-state index in [2.05, 4.69) is 28.6 Å². The van der Waals surface area contributed by atoms with Crippen molar-refractivity contribution >= 4 is 11.3 Å². The van der Waals surface area contributed by atoms with Crippen LogP contribution in [-0.4, -0.2) is 30.1 Å². The molecule has 3 heterocycles. The Hall–Kier alpha value is -0.380. The van der Waals surface area contributed by atoms with E-state index in [1.807, 2.05) is 11.3 Å². The van der Waals surface area contributed by atoms with E-state index in [-0.39, 0.29) is 0 Å². The van der Waals surface area contributed by atoms with Crippen LogP contribution >= 0.6 is 11.3 Å². The lowest BCUT2D eigenvalue weighted by atomic mass is 10.1. The molecule has 1 N–H and O–H groups in total. The molecule has 1 aromatic rings. The Morgan fingerprint density at radius 2 is 2.35 bits per heavy atom. The fourth-order valence-corrected chi connectivity index (χ4v) is 4.31. The second kappa shape index (κ2) is 5.09. The summed E-state index contributed by atoms with van der Waals surface area (Å²) in [5.74, 6) is 0. The van der Waals surface area contributed by atoms with Crippen LogP contribution in [0, 0.1) is 0 Å². The highest BCUT2D eigenvalue weighted by Crippen LogP contribution is 2.28. The molecule has 2 nitrogen and oxygen atoms in total. The van der Waals surface area contributed by atoms with Gasteiger partial charge in [-0.1, -0.05) is 6.92 Å². The van der Waals surface area contributed by atoms with Gasteiger partial charge in [0.25, 0.3) is 0 Å². The summed E-state index contributed by atoms with van der Waals surface area (Å²) >= 11 is 1.91. The SMILES string of the molecule is CCc1ccsc1CNC1CCN2CCCC12. The molecule has 94 valence electrons. The van der Waals surface area contributed by atoms with Gasteiger partial charge in [-0.25, -0.2) is 0 Å². The standard InChI is InChI=1S/C14H22N2S/c1-2-11-6-9-17-14(11)10-15-12-5-8-16-7-3-4-13(12)16/h6,9,12-13,15H,2-5,7-8,10H2,1H3. The van der Waals surface area contributed by atoms with Crippen molar-refractivity contribution in [3.8, 4) is 0 Å². The molecule has 0 spiro atoms. The molecule has 0 amide bonds. The van der Waals surface area contributed by atoms with Gasteiger partial charge in [-0.15, -0.1) is 11.3 Å². The Kier molecular flexibility index (Phi) is 3.50. The predicted octanol–water partition coefficient (Wildman–Crippen LogP) is 2.64. The van der Waals surface area contributed by atoms with Crippen LogP contribution < -0.4 is 5.32 Å². The fraction of sp³-hybridized carbons (Fsp3) is 0.714. The number of thiophene rings is 1. The predicted molar refractivity (Wildman–Crippen MR) is 73.5 cm³/mol. The summed E-state index contributed by atoms with van der Waals surface area (Å²) in [5, 5.41) is 6.03. The Morgan fingerprint density at radius 3 is 3.24 bits per heavy atom. The normalized spacial score (nSPS) is 28.8. The molecular weight excluding hydrogens is 228 g/mol. The zero-order valence-corrected chi connectivity index (χ0v) is 11.4. The summed E-state index contributed by atoms with van der Waals surface area (Å²) in [6, 6.07) is 3.85. The average Bonchev–Trinajstić information content (AvgIpc) is 3.03. The van der Waals surface area contributed by atoms with Crippen molar-refractivity contribution in [1.29, 1.82) is 0 Å². The molecule has 2 aliphatic heterocycles. The van der Waals surface area contributed by atoms with Gasteiger partial charge < -0.3 is 5.32 Å². The van der Waals surface area contributed by atoms with Crippen LogP contribution in [0.5, 0.6) is 0 Å². The summed E-state index contributed by atoms with van der Waals surface area (Å²) in [4.78, 5) is 4.22. The largest absolute Gasteiger partial charge is 0.307 e. The number of hydrogen-bond donors (Lipinski definition) is 1. The van der Waals surface area contributed by atoms with Gasteiger partial charge in [-0.3, -0.25) is 4.90 Å². The number of fused-ring (bicyclic) bond motifs is 1. The van der Waals surface area contributed by atoms with E-state index in [1.165, 1.54) is 44.3 Å². The quantitative estimate of drug-likeness (QED) is 0.884. The molecule has 0 bridgehead atoms. The minimum absolute atomic E-state index is 0.740. The van der Waals surface area contributed by atoms with Crippen LogP contribution in [0.15, 0.2) is 11.4 Å². The third kappa shape index (κ3) is 2.28. The van der Waals surface area contributed by atoms with Gasteiger partial charge in [-0.2, -0.15) is 0 Å². The van der Waals surface area contributed by atoms with Crippen LogP contribution in [0.2, 0.25) is 0 Å². The van der Waals surface area contributed by atoms with Gasteiger partial charge >= 0.3 is 0 Å². The molecule has 0 aromatic carbocycles. The second-order valence-corrected chi connectivity index (χ2v) is 6.24. The summed E-state index contributed by atoms with van der Waals surface area (Å²) in [7, 11) is 0. The van der Waals surface area contributed by atoms with Gasteiger partial charge in [-0.05, 0) is 49.2 Å². The molecule has 0 radical (unpaired) electrons. The number of hydrogen-bond acceptors (Lipinski definition) is 3. The summed E-state index contributed by atoms with van der Waals surface area (Å²) in [6.45, 7) is 5.98. The lowest BCUT2D eigenvalue weighted by Crippen LogP contribution is -2.38. The zero-order valence-electron chi connectivity index (χ0n) is 10.6. The number of aryl methyl sites for hydroxylation is 1. The first-order valence-corrected chi connectivity index (χ1v) is 7.79.